The minimum absolute atomic E-state index is 0.00430. The van der Waals surface area contributed by atoms with Gasteiger partial charge in [0.2, 0.25) is 21.8 Å². The van der Waals surface area contributed by atoms with Crippen molar-refractivity contribution in [3.8, 4) is 6.07 Å². The lowest BCUT2D eigenvalue weighted by Gasteiger charge is -2.38. The maximum absolute atomic E-state index is 13.1. The summed E-state index contributed by atoms with van der Waals surface area (Å²) in [6.45, 7) is 5.64. The maximum atomic E-state index is 13.1. The van der Waals surface area contributed by atoms with E-state index in [1.807, 2.05) is 15.9 Å². The first-order valence-corrected chi connectivity index (χ1v) is 13.8. The Hall–Kier alpha value is -2.44. The monoisotopic (exact) mass is 486 g/mol. The molecule has 1 aromatic rings. The van der Waals surface area contributed by atoms with Gasteiger partial charge in [-0.25, -0.2) is 8.42 Å². The summed E-state index contributed by atoms with van der Waals surface area (Å²) < 4.78 is 27.5. The molecular formula is C25H34N4O4S. The van der Waals surface area contributed by atoms with E-state index < -0.39 is 10.0 Å². The molecule has 0 spiro atoms. The van der Waals surface area contributed by atoms with Gasteiger partial charge >= 0.3 is 0 Å². The van der Waals surface area contributed by atoms with Crippen LogP contribution in [0.3, 0.4) is 0 Å². The van der Waals surface area contributed by atoms with Crippen LogP contribution < -0.4 is 0 Å². The zero-order valence-corrected chi connectivity index (χ0v) is 20.7. The third-order valence-electron chi connectivity index (χ3n) is 7.68. The average molecular weight is 487 g/mol. The van der Waals surface area contributed by atoms with E-state index in [9.17, 15) is 23.3 Å². The Bertz CT molecular complexity index is 1040. The minimum Gasteiger partial charge on any atom is -0.342 e. The Morgan fingerprint density at radius 2 is 1.29 bits per heavy atom. The highest BCUT2D eigenvalue weighted by molar-refractivity contribution is 7.89. The lowest BCUT2D eigenvalue weighted by Crippen LogP contribution is -2.49. The van der Waals surface area contributed by atoms with Crippen molar-refractivity contribution in [3.63, 3.8) is 0 Å². The van der Waals surface area contributed by atoms with E-state index >= 15 is 0 Å². The van der Waals surface area contributed by atoms with Gasteiger partial charge in [0.25, 0.3) is 0 Å². The molecule has 3 heterocycles. The lowest BCUT2D eigenvalue weighted by atomic mass is 9.91. The Kier molecular flexibility index (Phi) is 7.58. The van der Waals surface area contributed by atoms with Crippen LogP contribution in [0.2, 0.25) is 0 Å². The fourth-order valence-corrected chi connectivity index (χ4v) is 6.97. The van der Waals surface area contributed by atoms with E-state index in [0.717, 1.165) is 25.9 Å². The van der Waals surface area contributed by atoms with Crippen molar-refractivity contribution in [2.75, 3.05) is 39.3 Å². The first-order chi connectivity index (χ1) is 16.3. The topological polar surface area (TPSA) is 102 Å². The fourth-order valence-electron chi connectivity index (χ4n) is 5.36. The summed E-state index contributed by atoms with van der Waals surface area (Å²) >= 11 is 0. The number of piperidine rings is 3. The van der Waals surface area contributed by atoms with Crippen LogP contribution in [0.1, 0.15) is 51.0 Å². The molecule has 0 saturated carbocycles. The van der Waals surface area contributed by atoms with Gasteiger partial charge in [-0.15, -0.1) is 0 Å². The van der Waals surface area contributed by atoms with Gasteiger partial charge in [-0.2, -0.15) is 9.57 Å². The third-order valence-corrected chi connectivity index (χ3v) is 9.64. The van der Waals surface area contributed by atoms with Crippen molar-refractivity contribution in [1.82, 2.24) is 14.1 Å². The summed E-state index contributed by atoms with van der Waals surface area (Å²) in [5.41, 5.74) is 0.136. The highest BCUT2D eigenvalue weighted by Crippen LogP contribution is 2.29. The second kappa shape index (κ2) is 10.4. The molecule has 0 aromatic heterocycles. The van der Waals surface area contributed by atoms with Crippen molar-refractivity contribution < 1.29 is 18.0 Å². The van der Waals surface area contributed by atoms with Crippen molar-refractivity contribution in [2.45, 2.75) is 50.3 Å². The number of hydrogen-bond donors (Lipinski definition) is 0. The van der Waals surface area contributed by atoms with Crippen molar-refractivity contribution in [2.24, 2.45) is 17.8 Å². The molecule has 2 amide bonds. The van der Waals surface area contributed by atoms with Crippen molar-refractivity contribution in [1.29, 1.82) is 5.26 Å². The third kappa shape index (κ3) is 5.13. The standard InChI is InChI=1S/C25H34N4O4S/c1-19-6-12-27(13-7-19)24(30)20-8-14-28(15-9-20)25(31)21-10-16-29(17-11-21)34(32,33)23-5-3-2-4-22(23)18-26/h2-5,19-21H,6-17H2,1H3. The first-order valence-electron chi connectivity index (χ1n) is 12.4. The molecule has 34 heavy (non-hydrogen) atoms. The van der Waals surface area contributed by atoms with E-state index in [0.29, 0.717) is 44.7 Å². The number of hydrogen-bond acceptors (Lipinski definition) is 5. The molecule has 3 aliphatic heterocycles. The molecule has 0 radical (unpaired) electrons. The number of nitriles is 1. The van der Waals surface area contributed by atoms with Crippen LogP contribution >= 0.6 is 0 Å². The molecule has 184 valence electrons. The van der Waals surface area contributed by atoms with Gasteiger partial charge in [0, 0.05) is 51.1 Å². The molecule has 0 unspecified atom stereocenters. The summed E-state index contributed by atoms with van der Waals surface area (Å²) in [7, 11) is -3.77. The van der Waals surface area contributed by atoms with Crippen LogP contribution in [-0.2, 0) is 19.6 Å². The summed E-state index contributed by atoms with van der Waals surface area (Å²) in [6, 6.07) is 8.17. The van der Waals surface area contributed by atoms with Crippen LogP contribution in [0.4, 0.5) is 0 Å². The Morgan fingerprint density at radius 3 is 1.82 bits per heavy atom. The second-order valence-electron chi connectivity index (χ2n) is 9.89. The van der Waals surface area contributed by atoms with Crippen molar-refractivity contribution >= 4 is 21.8 Å². The van der Waals surface area contributed by atoms with Gasteiger partial charge in [0.15, 0.2) is 0 Å². The van der Waals surface area contributed by atoms with Crippen LogP contribution in [0.5, 0.6) is 0 Å². The van der Waals surface area contributed by atoms with Gasteiger partial charge in [-0.3, -0.25) is 9.59 Å². The van der Waals surface area contributed by atoms with Crippen molar-refractivity contribution in [3.05, 3.63) is 29.8 Å². The van der Waals surface area contributed by atoms with Crippen LogP contribution in [-0.4, -0.2) is 73.6 Å². The lowest BCUT2D eigenvalue weighted by molar-refractivity contribution is -0.144. The Balaban J connectivity index is 1.28. The van der Waals surface area contributed by atoms with Gasteiger partial charge in [0.05, 0.1) is 10.5 Å². The van der Waals surface area contributed by atoms with E-state index in [1.54, 1.807) is 12.1 Å². The maximum Gasteiger partial charge on any atom is 0.244 e. The summed E-state index contributed by atoms with van der Waals surface area (Å²) in [5, 5.41) is 9.27. The van der Waals surface area contributed by atoms with E-state index in [4.69, 9.17) is 0 Å². The SMILES string of the molecule is CC1CCN(C(=O)C2CCN(C(=O)C3CCN(S(=O)(=O)c4ccccc4C#N)CC3)CC2)CC1. The van der Waals surface area contributed by atoms with Gasteiger partial charge in [0.1, 0.15) is 6.07 Å². The molecule has 0 atom stereocenters. The smallest absolute Gasteiger partial charge is 0.244 e. The number of amides is 2. The predicted molar refractivity (Wildman–Crippen MR) is 127 cm³/mol. The molecular weight excluding hydrogens is 452 g/mol. The average Bonchev–Trinajstić information content (AvgIpc) is 2.88. The molecule has 3 fully saturated rings. The largest absolute Gasteiger partial charge is 0.342 e. The van der Waals surface area contributed by atoms with Crippen LogP contribution in [0.15, 0.2) is 29.2 Å². The number of nitrogens with zero attached hydrogens (tertiary/aromatic N) is 4. The highest BCUT2D eigenvalue weighted by Gasteiger charge is 2.37. The number of benzene rings is 1. The zero-order chi connectivity index (χ0) is 24.3. The first kappa shape index (κ1) is 24.7. The summed E-state index contributed by atoms with van der Waals surface area (Å²) in [6.07, 6.45) is 4.48. The number of rotatable bonds is 4. The van der Waals surface area contributed by atoms with Gasteiger partial charge in [-0.1, -0.05) is 19.1 Å². The Labute approximate surface area is 202 Å². The van der Waals surface area contributed by atoms with E-state index in [1.165, 1.54) is 16.4 Å². The molecule has 0 bridgehead atoms. The molecule has 8 nitrogen and oxygen atoms in total. The van der Waals surface area contributed by atoms with E-state index in [2.05, 4.69) is 6.92 Å². The van der Waals surface area contributed by atoms with Gasteiger partial charge < -0.3 is 9.80 Å². The van der Waals surface area contributed by atoms with Gasteiger partial charge in [-0.05, 0) is 56.6 Å². The number of carbonyl (C=O) groups is 2. The molecule has 3 saturated heterocycles. The number of likely N-dealkylation sites (tertiary alicyclic amines) is 2. The minimum atomic E-state index is -3.77. The quantitative estimate of drug-likeness (QED) is 0.651. The molecule has 1 aromatic carbocycles. The molecule has 9 heteroatoms. The summed E-state index contributed by atoms with van der Waals surface area (Å²) in [4.78, 5) is 29.9. The fraction of sp³-hybridized carbons (Fsp3) is 0.640. The van der Waals surface area contributed by atoms with Crippen LogP contribution in [0.25, 0.3) is 0 Å². The predicted octanol–water partition coefficient (Wildman–Crippen LogP) is 2.46. The number of sulfonamides is 1. The normalized spacial score (nSPS) is 21.9. The van der Waals surface area contributed by atoms with Crippen LogP contribution in [0, 0.1) is 29.1 Å². The summed E-state index contributed by atoms with van der Waals surface area (Å²) in [5.74, 6) is 0.812. The number of carbonyl (C=O) groups excluding carboxylic acids is 2. The molecule has 4 rings (SSSR count). The Morgan fingerprint density at radius 1 is 0.824 bits per heavy atom. The second-order valence-corrected chi connectivity index (χ2v) is 11.8. The zero-order valence-electron chi connectivity index (χ0n) is 19.9. The highest BCUT2D eigenvalue weighted by atomic mass is 32.2. The van der Waals surface area contributed by atoms with E-state index in [-0.39, 0.29) is 47.2 Å². The molecule has 3 aliphatic rings. The molecule has 0 N–H and O–H groups in total. The molecule has 0 aliphatic carbocycles.